The normalized spacial score (nSPS) is 11.1. The van der Waals surface area contributed by atoms with Crippen molar-refractivity contribution >= 4 is 12.1 Å². The van der Waals surface area contributed by atoms with Crippen LogP contribution in [0.25, 0.3) is 0 Å². The van der Waals surface area contributed by atoms with Crippen LogP contribution in [0.5, 0.6) is 0 Å². The van der Waals surface area contributed by atoms with Gasteiger partial charge in [0.1, 0.15) is 5.60 Å². The molecule has 0 aromatic heterocycles. The van der Waals surface area contributed by atoms with E-state index in [1.807, 2.05) is 20.8 Å². The monoisotopic (exact) mass is 275 g/mol. The van der Waals surface area contributed by atoms with E-state index in [2.05, 4.69) is 5.32 Å². The van der Waals surface area contributed by atoms with Crippen molar-refractivity contribution in [3.63, 3.8) is 0 Å². The molecule has 0 radical (unpaired) electrons. The van der Waals surface area contributed by atoms with Crippen LogP contribution in [0.4, 0.5) is 4.79 Å². The molecule has 0 saturated heterocycles. The van der Waals surface area contributed by atoms with Gasteiger partial charge in [-0.3, -0.25) is 4.79 Å². The van der Waals surface area contributed by atoms with Crippen molar-refractivity contribution in [3.8, 4) is 0 Å². The number of amides is 1. The molecular formula is C13H25NO5. The molecular weight excluding hydrogens is 250 g/mol. The zero-order valence-electron chi connectivity index (χ0n) is 12.0. The number of carbonyl (C=O) groups excluding carboxylic acids is 1. The highest BCUT2D eigenvalue weighted by atomic mass is 16.6. The molecule has 0 bridgehead atoms. The zero-order valence-corrected chi connectivity index (χ0v) is 12.0. The quantitative estimate of drug-likeness (QED) is 0.630. The molecule has 6 heteroatoms. The average molecular weight is 275 g/mol. The maximum Gasteiger partial charge on any atom is 0.407 e. The Morgan fingerprint density at radius 2 is 1.74 bits per heavy atom. The minimum absolute atomic E-state index is 0.184. The molecule has 0 aromatic carbocycles. The second kappa shape index (κ2) is 9.61. The zero-order chi connectivity index (χ0) is 14.7. The highest BCUT2D eigenvalue weighted by Crippen LogP contribution is 2.06. The van der Waals surface area contributed by atoms with Crippen LogP contribution in [0.15, 0.2) is 0 Å². The van der Waals surface area contributed by atoms with E-state index in [0.29, 0.717) is 32.6 Å². The predicted octanol–water partition coefficient (Wildman–Crippen LogP) is 2.17. The number of ether oxygens (including phenoxy) is 2. The third-order valence-electron chi connectivity index (χ3n) is 2.06. The largest absolute Gasteiger partial charge is 0.481 e. The summed E-state index contributed by atoms with van der Waals surface area (Å²) in [6, 6.07) is 0. The first-order valence-corrected chi connectivity index (χ1v) is 6.57. The van der Waals surface area contributed by atoms with Crippen LogP contribution in [-0.2, 0) is 14.3 Å². The minimum atomic E-state index is -0.776. The number of carboxylic acid groups (broad SMARTS) is 1. The molecule has 0 aliphatic heterocycles. The molecule has 0 aliphatic rings. The maximum atomic E-state index is 11.3. The van der Waals surface area contributed by atoms with Crippen molar-refractivity contribution in [3.05, 3.63) is 0 Å². The van der Waals surface area contributed by atoms with Gasteiger partial charge in [0.15, 0.2) is 0 Å². The summed E-state index contributed by atoms with van der Waals surface area (Å²) >= 11 is 0. The summed E-state index contributed by atoms with van der Waals surface area (Å²) in [4.78, 5) is 21.5. The smallest absolute Gasteiger partial charge is 0.407 e. The topological polar surface area (TPSA) is 84.9 Å². The van der Waals surface area contributed by atoms with E-state index >= 15 is 0 Å². The minimum Gasteiger partial charge on any atom is -0.481 e. The summed E-state index contributed by atoms with van der Waals surface area (Å²) in [5, 5.41) is 11.1. The number of rotatable bonds is 9. The van der Waals surface area contributed by atoms with Crippen LogP contribution in [-0.4, -0.2) is 42.5 Å². The Morgan fingerprint density at radius 3 is 2.32 bits per heavy atom. The lowest BCUT2D eigenvalue weighted by atomic mass is 10.2. The second-order valence-corrected chi connectivity index (χ2v) is 5.25. The van der Waals surface area contributed by atoms with Crippen LogP contribution >= 0.6 is 0 Å². The fraction of sp³-hybridized carbons (Fsp3) is 0.846. The average Bonchev–Trinajstić information content (AvgIpc) is 2.24. The summed E-state index contributed by atoms with van der Waals surface area (Å²) in [6.45, 7) is 7.04. The van der Waals surface area contributed by atoms with Crippen LogP contribution in [0.2, 0.25) is 0 Å². The van der Waals surface area contributed by atoms with Crippen LogP contribution < -0.4 is 5.32 Å². The Hall–Kier alpha value is -1.30. The number of nitrogens with one attached hydrogen (secondary N) is 1. The van der Waals surface area contributed by atoms with Gasteiger partial charge in [-0.1, -0.05) is 0 Å². The molecule has 0 atom stereocenters. The van der Waals surface area contributed by atoms with Crippen molar-refractivity contribution in [1.29, 1.82) is 0 Å². The van der Waals surface area contributed by atoms with Gasteiger partial charge in [0.05, 0.1) is 0 Å². The summed E-state index contributed by atoms with van der Waals surface area (Å²) < 4.78 is 10.4. The van der Waals surface area contributed by atoms with Gasteiger partial charge in [0.2, 0.25) is 0 Å². The van der Waals surface area contributed by atoms with E-state index in [1.165, 1.54) is 0 Å². The van der Waals surface area contributed by atoms with Crippen LogP contribution in [0.3, 0.4) is 0 Å². The van der Waals surface area contributed by atoms with E-state index in [0.717, 1.165) is 6.42 Å². The first-order valence-electron chi connectivity index (χ1n) is 6.57. The Kier molecular flexibility index (Phi) is 8.95. The fourth-order valence-electron chi connectivity index (χ4n) is 1.26. The number of carboxylic acids is 1. The molecule has 2 N–H and O–H groups in total. The van der Waals surface area contributed by atoms with E-state index in [4.69, 9.17) is 14.6 Å². The van der Waals surface area contributed by atoms with Gasteiger partial charge >= 0.3 is 12.1 Å². The van der Waals surface area contributed by atoms with E-state index in [1.54, 1.807) is 0 Å². The van der Waals surface area contributed by atoms with E-state index in [9.17, 15) is 9.59 Å². The molecule has 0 spiro atoms. The Balaban J connectivity index is 3.27. The van der Waals surface area contributed by atoms with Gasteiger partial charge in [0.25, 0.3) is 0 Å². The van der Waals surface area contributed by atoms with Crippen molar-refractivity contribution < 1.29 is 24.2 Å². The standard InChI is InChI=1S/C13H25NO5/c1-13(2,3)19-12(17)14-8-6-10-18-9-5-4-7-11(15)16/h4-10H2,1-3H3,(H,14,17)(H,15,16). The highest BCUT2D eigenvalue weighted by molar-refractivity contribution is 5.67. The van der Waals surface area contributed by atoms with Gasteiger partial charge in [-0.05, 0) is 40.0 Å². The number of unbranched alkanes of at least 4 members (excludes halogenated alkanes) is 1. The van der Waals surface area contributed by atoms with Gasteiger partial charge < -0.3 is 19.9 Å². The summed E-state index contributed by atoms with van der Waals surface area (Å²) in [7, 11) is 0. The lowest BCUT2D eigenvalue weighted by Gasteiger charge is -2.19. The molecule has 0 aromatic rings. The molecule has 0 rings (SSSR count). The van der Waals surface area contributed by atoms with Gasteiger partial charge in [0, 0.05) is 26.2 Å². The van der Waals surface area contributed by atoms with E-state index in [-0.39, 0.29) is 6.42 Å². The summed E-state index contributed by atoms with van der Waals surface area (Å²) in [6.07, 6.45) is 1.84. The number of aliphatic carboxylic acids is 1. The third-order valence-corrected chi connectivity index (χ3v) is 2.06. The van der Waals surface area contributed by atoms with Crippen molar-refractivity contribution in [2.24, 2.45) is 0 Å². The first kappa shape index (κ1) is 17.7. The Labute approximate surface area is 114 Å². The molecule has 0 aliphatic carbocycles. The van der Waals surface area contributed by atoms with Gasteiger partial charge in [-0.15, -0.1) is 0 Å². The highest BCUT2D eigenvalue weighted by Gasteiger charge is 2.15. The van der Waals surface area contributed by atoms with Crippen LogP contribution in [0.1, 0.15) is 46.5 Å². The Morgan fingerprint density at radius 1 is 1.11 bits per heavy atom. The lowest BCUT2D eigenvalue weighted by Crippen LogP contribution is -2.33. The summed E-state index contributed by atoms with van der Waals surface area (Å²) in [5.74, 6) is -0.776. The number of alkyl carbamates (subject to hydrolysis) is 1. The second-order valence-electron chi connectivity index (χ2n) is 5.25. The number of hydrogen-bond donors (Lipinski definition) is 2. The maximum absolute atomic E-state index is 11.3. The Bertz CT molecular complexity index is 273. The summed E-state index contributed by atoms with van der Waals surface area (Å²) in [5.41, 5.74) is -0.481. The predicted molar refractivity (Wildman–Crippen MR) is 71.2 cm³/mol. The molecule has 19 heavy (non-hydrogen) atoms. The van der Waals surface area contributed by atoms with Crippen molar-refractivity contribution in [2.45, 2.75) is 52.1 Å². The lowest BCUT2D eigenvalue weighted by molar-refractivity contribution is -0.137. The molecule has 1 amide bonds. The van der Waals surface area contributed by atoms with Crippen molar-refractivity contribution in [1.82, 2.24) is 5.32 Å². The first-order chi connectivity index (χ1) is 8.81. The number of carbonyl (C=O) groups is 2. The van der Waals surface area contributed by atoms with Crippen LogP contribution in [0, 0.1) is 0 Å². The van der Waals surface area contributed by atoms with Gasteiger partial charge in [-0.25, -0.2) is 4.79 Å². The van der Waals surface area contributed by atoms with Gasteiger partial charge in [-0.2, -0.15) is 0 Å². The van der Waals surface area contributed by atoms with E-state index < -0.39 is 17.7 Å². The fourth-order valence-corrected chi connectivity index (χ4v) is 1.26. The third kappa shape index (κ3) is 14.6. The number of hydrogen-bond acceptors (Lipinski definition) is 4. The molecule has 0 saturated carbocycles. The SMILES string of the molecule is CC(C)(C)OC(=O)NCCCOCCCCC(=O)O. The molecule has 0 fully saturated rings. The molecule has 112 valence electrons. The molecule has 0 unspecified atom stereocenters. The molecule has 0 heterocycles. The van der Waals surface area contributed by atoms with Crippen molar-refractivity contribution in [2.75, 3.05) is 19.8 Å². The molecule has 6 nitrogen and oxygen atoms in total.